The lowest BCUT2D eigenvalue weighted by Crippen LogP contribution is -2.52. The summed E-state index contributed by atoms with van der Waals surface area (Å²) in [6.45, 7) is 9.16. The number of aromatic nitrogens is 2. The lowest BCUT2D eigenvalue weighted by molar-refractivity contribution is -0.138. The molecule has 1 saturated heterocycles. The first-order valence-electron chi connectivity index (χ1n) is 12.1. The first kappa shape index (κ1) is 22.8. The Kier molecular flexibility index (Phi) is 6.36. The zero-order valence-corrected chi connectivity index (χ0v) is 20.4. The summed E-state index contributed by atoms with van der Waals surface area (Å²) in [7, 11) is 0. The highest BCUT2D eigenvalue weighted by atomic mass is 16.5. The monoisotopic (exact) mass is 466 g/mol. The second kappa shape index (κ2) is 9.74. The van der Waals surface area contributed by atoms with Crippen molar-refractivity contribution in [3.63, 3.8) is 0 Å². The third-order valence-corrected chi connectivity index (χ3v) is 6.77. The van der Waals surface area contributed by atoms with Crippen LogP contribution in [0.25, 0.3) is 22.3 Å². The molecule has 35 heavy (non-hydrogen) atoms. The Labute approximate surface area is 206 Å². The van der Waals surface area contributed by atoms with E-state index >= 15 is 0 Å². The maximum Gasteiger partial charge on any atom is 0.263 e. The van der Waals surface area contributed by atoms with Crippen LogP contribution < -0.4 is 9.64 Å². The largest absolute Gasteiger partial charge is 0.481 e. The number of amides is 1. The lowest BCUT2D eigenvalue weighted by Gasteiger charge is -2.38. The third-order valence-electron chi connectivity index (χ3n) is 6.77. The van der Waals surface area contributed by atoms with E-state index in [0.717, 1.165) is 35.4 Å². The minimum atomic E-state index is -0.548. The molecule has 1 amide bonds. The van der Waals surface area contributed by atoms with Crippen LogP contribution in [0.5, 0.6) is 5.75 Å². The highest BCUT2D eigenvalue weighted by Gasteiger charge is 2.26. The van der Waals surface area contributed by atoms with Crippen molar-refractivity contribution in [2.75, 3.05) is 31.1 Å². The zero-order chi connectivity index (χ0) is 24.4. The van der Waals surface area contributed by atoms with E-state index in [1.54, 1.807) is 6.20 Å². The number of benzene rings is 3. The number of rotatable bonds is 5. The van der Waals surface area contributed by atoms with Gasteiger partial charge in [-0.3, -0.25) is 9.78 Å². The molecule has 0 saturated carbocycles. The van der Waals surface area contributed by atoms with Crippen LogP contribution in [-0.2, 0) is 4.79 Å². The summed E-state index contributed by atoms with van der Waals surface area (Å²) in [6, 6.07) is 21.9. The number of anilines is 1. The molecule has 0 aliphatic carbocycles. The minimum Gasteiger partial charge on any atom is -0.481 e. The summed E-state index contributed by atoms with van der Waals surface area (Å²) in [5.74, 6) is 0.687. The van der Waals surface area contributed by atoms with E-state index in [4.69, 9.17) is 9.72 Å². The van der Waals surface area contributed by atoms with Gasteiger partial charge in [-0.15, -0.1) is 0 Å². The van der Waals surface area contributed by atoms with E-state index in [2.05, 4.69) is 41.9 Å². The van der Waals surface area contributed by atoms with Gasteiger partial charge in [-0.2, -0.15) is 0 Å². The summed E-state index contributed by atoms with van der Waals surface area (Å²) in [5.41, 5.74) is 7.36. The van der Waals surface area contributed by atoms with E-state index in [0.29, 0.717) is 18.8 Å². The van der Waals surface area contributed by atoms with Crippen molar-refractivity contribution in [2.45, 2.75) is 26.9 Å². The number of piperazine rings is 1. The van der Waals surface area contributed by atoms with E-state index < -0.39 is 6.10 Å². The molecule has 2 heterocycles. The predicted molar refractivity (Wildman–Crippen MR) is 140 cm³/mol. The molecule has 1 atom stereocenters. The SMILES string of the molecule is Cc1cccc(N2CCN(C(=O)C(C)Oc3ccc(-c4cnc5ccccc5n4)cc3)CC2)c1C. The van der Waals surface area contributed by atoms with Crippen molar-refractivity contribution in [3.8, 4) is 17.0 Å². The fraction of sp³-hybridized carbons (Fsp3) is 0.276. The van der Waals surface area contributed by atoms with Gasteiger partial charge in [-0.25, -0.2) is 4.98 Å². The average molecular weight is 467 g/mol. The van der Waals surface area contributed by atoms with Crippen molar-refractivity contribution in [3.05, 3.63) is 84.1 Å². The molecule has 1 aliphatic rings. The van der Waals surface area contributed by atoms with Gasteiger partial charge in [0, 0.05) is 37.4 Å². The quantitative estimate of drug-likeness (QED) is 0.413. The third kappa shape index (κ3) is 4.83. The maximum atomic E-state index is 13.0. The minimum absolute atomic E-state index is 0.0232. The molecule has 0 bridgehead atoms. The number of ether oxygens (including phenoxy) is 1. The normalized spacial score (nSPS) is 14.7. The zero-order valence-electron chi connectivity index (χ0n) is 20.4. The number of hydrogen-bond acceptors (Lipinski definition) is 5. The van der Waals surface area contributed by atoms with Crippen LogP contribution >= 0.6 is 0 Å². The molecule has 0 radical (unpaired) electrons. The molecule has 0 spiro atoms. The smallest absolute Gasteiger partial charge is 0.263 e. The van der Waals surface area contributed by atoms with Gasteiger partial charge in [0.2, 0.25) is 0 Å². The highest BCUT2D eigenvalue weighted by molar-refractivity contribution is 5.81. The number of fused-ring (bicyclic) bond motifs is 1. The molecule has 5 rings (SSSR count). The summed E-state index contributed by atoms with van der Waals surface area (Å²) in [4.78, 5) is 26.5. The highest BCUT2D eigenvalue weighted by Crippen LogP contribution is 2.25. The van der Waals surface area contributed by atoms with Gasteiger partial charge in [0.15, 0.2) is 6.10 Å². The lowest BCUT2D eigenvalue weighted by atomic mass is 10.1. The molecule has 6 heteroatoms. The van der Waals surface area contributed by atoms with Gasteiger partial charge < -0.3 is 14.5 Å². The second-order valence-corrected chi connectivity index (χ2v) is 9.06. The van der Waals surface area contributed by atoms with Crippen molar-refractivity contribution in [2.24, 2.45) is 0 Å². The number of hydrogen-bond donors (Lipinski definition) is 0. The molecule has 3 aromatic carbocycles. The topological polar surface area (TPSA) is 58.6 Å². The Hall–Kier alpha value is -3.93. The number of carbonyl (C=O) groups is 1. The van der Waals surface area contributed by atoms with Crippen molar-refractivity contribution >= 4 is 22.6 Å². The Bertz CT molecular complexity index is 1340. The Balaban J connectivity index is 1.19. The number of nitrogens with zero attached hydrogens (tertiary/aromatic N) is 4. The van der Waals surface area contributed by atoms with Crippen molar-refractivity contribution in [1.82, 2.24) is 14.9 Å². The molecule has 1 aromatic heterocycles. The van der Waals surface area contributed by atoms with Gasteiger partial charge in [0.25, 0.3) is 5.91 Å². The molecular weight excluding hydrogens is 436 g/mol. The van der Waals surface area contributed by atoms with E-state index in [9.17, 15) is 4.79 Å². The summed E-state index contributed by atoms with van der Waals surface area (Å²) in [6.07, 6.45) is 1.23. The van der Waals surface area contributed by atoms with Crippen LogP contribution in [0.1, 0.15) is 18.1 Å². The number of carbonyl (C=O) groups excluding carboxylic acids is 1. The number of aryl methyl sites for hydroxylation is 1. The van der Waals surface area contributed by atoms with E-state index in [1.807, 2.05) is 60.4 Å². The molecule has 1 aliphatic heterocycles. The van der Waals surface area contributed by atoms with Gasteiger partial charge in [0.1, 0.15) is 5.75 Å². The van der Waals surface area contributed by atoms with Crippen LogP contribution in [0, 0.1) is 13.8 Å². The Morgan fingerprint density at radius 3 is 2.34 bits per heavy atom. The second-order valence-electron chi connectivity index (χ2n) is 9.06. The van der Waals surface area contributed by atoms with E-state index in [-0.39, 0.29) is 5.91 Å². The molecular formula is C29H30N4O2. The maximum absolute atomic E-state index is 13.0. The van der Waals surface area contributed by atoms with Gasteiger partial charge in [-0.05, 0) is 74.4 Å². The van der Waals surface area contributed by atoms with Crippen molar-refractivity contribution < 1.29 is 9.53 Å². The fourth-order valence-corrected chi connectivity index (χ4v) is 4.56. The fourth-order valence-electron chi connectivity index (χ4n) is 4.56. The van der Waals surface area contributed by atoms with Crippen molar-refractivity contribution in [1.29, 1.82) is 0 Å². The number of para-hydroxylation sites is 2. The van der Waals surface area contributed by atoms with Gasteiger partial charge in [-0.1, -0.05) is 24.3 Å². The van der Waals surface area contributed by atoms with Crippen LogP contribution in [-0.4, -0.2) is 53.1 Å². The van der Waals surface area contributed by atoms with Crippen LogP contribution in [0.2, 0.25) is 0 Å². The summed E-state index contributed by atoms with van der Waals surface area (Å²) >= 11 is 0. The standard InChI is InChI=1S/C29H30N4O2/c1-20-7-6-10-28(21(20)2)32-15-17-33(18-16-32)29(34)22(3)35-24-13-11-23(12-14-24)27-19-30-25-8-4-5-9-26(25)31-27/h4-14,19,22H,15-18H2,1-3H3. The first-order valence-corrected chi connectivity index (χ1v) is 12.1. The van der Waals surface area contributed by atoms with Crippen LogP contribution in [0.3, 0.4) is 0 Å². The molecule has 178 valence electrons. The first-order chi connectivity index (χ1) is 17.0. The van der Waals surface area contributed by atoms with Gasteiger partial charge in [0.05, 0.1) is 22.9 Å². The molecule has 0 N–H and O–H groups in total. The Morgan fingerprint density at radius 2 is 1.60 bits per heavy atom. The predicted octanol–water partition coefficient (Wildman–Crippen LogP) is 5.03. The molecule has 4 aromatic rings. The van der Waals surface area contributed by atoms with E-state index in [1.165, 1.54) is 16.8 Å². The van der Waals surface area contributed by atoms with Crippen LogP contribution in [0.15, 0.2) is 72.9 Å². The van der Waals surface area contributed by atoms with Crippen LogP contribution in [0.4, 0.5) is 5.69 Å². The molecule has 1 fully saturated rings. The molecule has 6 nitrogen and oxygen atoms in total. The molecule has 1 unspecified atom stereocenters. The van der Waals surface area contributed by atoms with Gasteiger partial charge >= 0.3 is 0 Å². The Morgan fingerprint density at radius 1 is 0.886 bits per heavy atom. The summed E-state index contributed by atoms with van der Waals surface area (Å²) in [5, 5.41) is 0. The average Bonchev–Trinajstić information content (AvgIpc) is 2.90. The summed E-state index contributed by atoms with van der Waals surface area (Å²) < 4.78 is 6.00.